The summed E-state index contributed by atoms with van der Waals surface area (Å²) in [6, 6.07) is 19.7. The Morgan fingerprint density at radius 3 is 2.41 bits per heavy atom. The van der Waals surface area contributed by atoms with Gasteiger partial charge in [0, 0.05) is 11.4 Å². The summed E-state index contributed by atoms with van der Waals surface area (Å²) >= 11 is 3.40. The number of carboxylic acid groups (broad SMARTS) is 1. The number of nitrogens with zero attached hydrogens (tertiary/aromatic N) is 1. The van der Waals surface area contributed by atoms with Crippen molar-refractivity contribution in [3.8, 4) is 17.6 Å². The third kappa shape index (κ3) is 7.68. The zero-order valence-electron chi connectivity index (χ0n) is 19.7. The highest BCUT2D eigenvalue weighted by atomic mass is 79.9. The molecule has 2 amide bonds. The molecule has 0 saturated carbocycles. The predicted octanol–water partition coefficient (Wildman–Crippen LogP) is 5.11. The van der Waals surface area contributed by atoms with Crippen LogP contribution in [0.4, 0.5) is 11.4 Å². The zero-order valence-corrected chi connectivity index (χ0v) is 21.2. The summed E-state index contributed by atoms with van der Waals surface area (Å²) in [4.78, 5) is 36.1. The SMILES string of the molecule is CCOc1cc(/C=C(/C#N)C(=O)Nc2cccc(C(=O)O)c2)cc(Br)c1OCC(=O)Nc1ccccc1. The molecule has 9 nitrogen and oxygen atoms in total. The maximum atomic E-state index is 12.7. The van der Waals surface area contributed by atoms with Gasteiger partial charge in [0.2, 0.25) is 0 Å². The minimum absolute atomic E-state index is 0.00128. The first kappa shape index (κ1) is 27.0. The molecule has 3 rings (SSSR count). The average Bonchev–Trinajstić information content (AvgIpc) is 2.87. The van der Waals surface area contributed by atoms with E-state index in [-0.39, 0.29) is 35.1 Å². The molecule has 3 aromatic rings. The molecule has 0 radical (unpaired) electrons. The number of ether oxygens (including phenoxy) is 2. The summed E-state index contributed by atoms with van der Waals surface area (Å²) in [6.45, 7) is 1.81. The highest BCUT2D eigenvalue weighted by Crippen LogP contribution is 2.37. The van der Waals surface area contributed by atoms with E-state index in [4.69, 9.17) is 14.6 Å². The highest BCUT2D eigenvalue weighted by Gasteiger charge is 2.16. The lowest BCUT2D eigenvalue weighted by atomic mass is 10.1. The smallest absolute Gasteiger partial charge is 0.335 e. The van der Waals surface area contributed by atoms with Gasteiger partial charge in [-0.05, 0) is 77.0 Å². The first-order valence-corrected chi connectivity index (χ1v) is 11.8. The number of carbonyl (C=O) groups is 3. The van der Waals surface area contributed by atoms with Gasteiger partial charge in [0.05, 0.1) is 16.6 Å². The van der Waals surface area contributed by atoms with Gasteiger partial charge in [-0.25, -0.2) is 4.79 Å². The lowest BCUT2D eigenvalue weighted by Crippen LogP contribution is -2.20. The van der Waals surface area contributed by atoms with Gasteiger partial charge in [-0.1, -0.05) is 24.3 Å². The Kier molecular flexibility index (Phi) is 9.41. The maximum Gasteiger partial charge on any atom is 0.335 e. The summed E-state index contributed by atoms with van der Waals surface area (Å²) in [5.74, 6) is -1.62. The Morgan fingerprint density at radius 2 is 1.73 bits per heavy atom. The number of nitriles is 1. The summed E-state index contributed by atoms with van der Waals surface area (Å²) < 4.78 is 11.8. The minimum Gasteiger partial charge on any atom is -0.490 e. The number of benzene rings is 3. The van der Waals surface area contributed by atoms with Gasteiger partial charge in [0.15, 0.2) is 18.1 Å². The van der Waals surface area contributed by atoms with E-state index in [0.29, 0.717) is 28.1 Å². The summed E-state index contributed by atoms with van der Waals surface area (Å²) in [5.41, 5.74) is 1.12. The highest BCUT2D eigenvalue weighted by molar-refractivity contribution is 9.10. The minimum atomic E-state index is -1.14. The first-order chi connectivity index (χ1) is 17.8. The molecule has 0 atom stereocenters. The zero-order chi connectivity index (χ0) is 26.8. The Hall–Kier alpha value is -4.62. The number of nitrogens with one attached hydrogen (secondary N) is 2. The third-order valence-electron chi connectivity index (χ3n) is 4.78. The number of aromatic carboxylic acids is 1. The standard InChI is InChI=1S/C27H22BrN3O6/c1-2-36-23-13-17(11-19(15-29)26(33)31-21-10-6-7-18(14-21)27(34)35)12-22(28)25(23)37-16-24(32)30-20-8-4-3-5-9-20/h3-14H,2,16H2,1H3,(H,30,32)(H,31,33)(H,34,35)/b19-11-. The van der Waals surface area contributed by atoms with Crippen LogP contribution in [0, 0.1) is 11.3 Å². The summed E-state index contributed by atoms with van der Waals surface area (Å²) in [5, 5.41) is 23.9. The number of hydrogen-bond acceptors (Lipinski definition) is 6. The molecule has 0 bridgehead atoms. The molecule has 0 aliphatic carbocycles. The van der Waals surface area contributed by atoms with Gasteiger partial charge < -0.3 is 25.2 Å². The number of amides is 2. The number of hydrogen-bond donors (Lipinski definition) is 3. The Morgan fingerprint density at radius 1 is 1.00 bits per heavy atom. The second-order valence-electron chi connectivity index (χ2n) is 7.48. The Balaban J connectivity index is 1.78. The van der Waals surface area contributed by atoms with Gasteiger partial charge in [0.1, 0.15) is 11.6 Å². The molecule has 10 heteroatoms. The number of rotatable bonds is 10. The third-order valence-corrected chi connectivity index (χ3v) is 5.37. The molecule has 0 aliphatic heterocycles. The van der Waals surface area contributed by atoms with Crippen LogP contribution in [0.3, 0.4) is 0 Å². The second kappa shape index (κ2) is 12.9. The van der Waals surface area contributed by atoms with Crippen molar-refractivity contribution in [2.75, 3.05) is 23.8 Å². The lowest BCUT2D eigenvalue weighted by Gasteiger charge is -2.15. The molecule has 188 valence electrons. The van der Waals surface area contributed by atoms with Crippen LogP contribution in [0.1, 0.15) is 22.8 Å². The van der Waals surface area contributed by atoms with Crippen molar-refractivity contribution < 1.29 is 29.0 Å². The molecular weight excluding hydrogens is 542 g/mol. The van der Waals surface area contributed by atoms with Crippen molar-refractivity contribution in [1.29, 1.82) is 5.26 Å². The Bertz CT molecular complexity index is 1380. The average molecular weight is 564 g/mol. The number of carboxylic acids is 1. The second-order valence-corrected chi connectivity index (χ2v) is 8.33. The van der Waals surface area contributed by atoms with Crippen molar-refractivity contribution in [1.82, 2.24) is 0 Å². The molecule has 0 heterocycles. The van der Waals surface area contributed by atoms with Crippen LogP contribution < -0.4 is 20.1 Å². The van der Waals surface area contributed by atoms with Crippen LogP contribution in [-0.2, 0) is 9.59 Å². The van der Waals surface area contributed by atoms with Crippen LogP contribution in [-0.4, -0.2) is 36.1 Å². The van der Waals surface area contributed by atoms with Crippen molar-refractivity contribution in [3.63, 3.8) is 0 Å². The van der Waals surface area contributed by atoms with Gasteiger partial charge >= 0.3 is 5.97 Å². The van der Waals surface area contributed by atoms with E-state index >= 15 is 0 Å². The molecule has 0 aromatic heterocycles. The van der Waals surface area contributed by atoms with Crippen LogP contribution >= 0.6 is 15.9 Å². The number of anilines is 2. The van der Waals surface area contributed by atoms with Gasteiger partial charge in [-0.3, -0.25) is 9.59 Å². The molecule has 0 aliphatic rings. The Labute approximate surface area is 221 Å². The lowest BCUT2D eigenvalue weighted by molar-refractivity contribution is -0.118. The normalized spacial score (nSPS) is 10.7. The van der Waals surface area contributed by atoms with Crippen LogP contribution in [0.15, 0.2) is 76.8 Å². The van der Waals surface area contributed by atoms with Crippen molar-refractivity contribution in [3.05, 3.63) is 87.9 Å². The summed E-state index contributed by atoms with van der Waals surface area (Å²) in [7, 11) is 0. The predicted molar refractivity (Wildman–Crippen MR) is 141 cm³/mol. The first-order valence-electron chi connectivity index (χ1n) is 11.0. The molecule has 3 aromatic carbocycles. The monoisotopic (exact) mass is 563 g/mol. The number of para-hydroxylation sites is 1. The fourth-order valence-corrected chi connectivity index (χ4v) is 3.75. The quantitative estimate of drug-likeness (QED) is 0.230. The van der Waals surface area contributed by atoms with E-state index in [1.807, 2.05) is 12.1 Å². The van der Waals surface area contributed by atoms with E-state index in [1.165, 1.54) is 30.3 Å². The molecular formula is C27H22BrN3O6. The van der Waals surface area contributed by atoms with Gasteiger partial charge in [0.25, 0.3) is 11.8 Å². The topological polar surface area (TPSA) is 138 Å². The van der Waals surface area contributed by atoms with E-state index in [0.717, 1.165) is 0 Å². The fourth-order valence-electron chi connectivity index (χ4n) is 3.17. The van der Waals surface area contributed by atoms with E-state index < -0.39 is 11.9 Å². The summed E-state index contributed by atoms with van der Waals surface area (Å²) in [6.07, 6.45) is 1.36. The molecule has 37 heavy (non-hydrogen) atoms. The number of carbonyl (C=O) groups excluding carboxylic acids is 2. The molecule has 0 saturated heterocycles. The van der Waals surface area contributed by atoms with E-state index in [2.05, 4.69) is 26.6 Å². The number of halogens is 1. The largest absolute Gasteiger partial charge is 0.490 e. The molecule has 0 unspecified atom stereocenters. The van der Waals surface area contributed by atoms with E-state index in [9.17, 15) is 19.6 Å². The van der Waals surface area contributed by atoms with E-state index in [1.54, 1.807) is 43.3 Å². The molecule has 0 fully saturated rings. The maximum absolute atomic E-state index is 12.7. The fraction of sp³-hybridized carbons (Fsp3) is 0.111. The molecule has 0 spiro atoms. The van der Waals surface area contributed by atoms with Crippen molar-refractivity contribution in [2.45, 2.75) is 6.92 Å². The molecule has 3 N–H and O–H groups in total. The van der Waals surface area contributed by atoms with Crippen molar-refractivity contribution >= 4 is 51.2 Å². The van der Waals surface area contributed by atoms with Crippen LogP contribution in [0.25, 0.3) is 6.08 Å². The van der Waals surface area contributed by atoms with Gasteiger partial charge in [-0.15, -0.1) is 0 Å². The van der Waals surface area contributed by atoms with Crippen LogP contribution in [0.2, 0.25) is 0 Å². The van der Waals surface area contributed by atoms with Crippen molar-refractivity contribution in [2.24, 2.45) is 0 Å². The van der Waals surface area contributed by atoms with Crippen LogP contribution in [0.5, 0.6) is 11.5 Å². The van der Waals surface area contributed by atoms with Gasteiger partial charge in [-0.2, -0.15) is 5.26 Å².